The third-order valence-electron chi connectivity index (χ3n) is 3.31. The molecule has 1 aromatic heterocycles. The van der Waals surface area contributed by atoms with Crippen molar-refractivity contribution in [2.45, 2.75) is 13.0 Å². The quantitative estimate of drug-likeness (QED) is 0.731. The van der Waals surface area contributed by atoms with E-state index in [0.29, 0.717) is 24.3 Å². The fourth-order valence-corrected chi connectivity index (χ4v) is 2.18. The van der Waals surface area contributed by atoms with Crippen LogP contribution in [0.25, 0.3) is 11.1 Å². The van der Waals surface area contributed by atoms with Gasteiger partial charge < -0.3 is 14.5 Å². The number of aromatic amines is 1. The van der Waals surface area contributed by atoms with Crippen LogP contribution >= 0.6 is 0 Å². The molecule has 0 atom stereocenters. The molecule has 1 heterocycles. The summed E-state index contributed by atoms with van der Waals surface area (Å²) in [5.41, 5.74) is 2.00. The molecule has 118 valence electrons. The number of aromatic nitrogens is 1. The molecule has 3 aromatic rings. The van der Waals surface area contributed by atoms with E-state index in [9.17, 15) is 9.59 Å². The van der Waals surface area contributed by atoms with Crippen LogP contribution in [0.2, 0.25) is 0 Å². The highest BCUT2D eigenvalue weighted by Crippen LogP contribution is 2.12. The van der Waals surface area contributed by atoms with Crippen LogP contribution in [0.1, 0.15) is 12.0 Å². The predicted octanol–water partition coefficient (Wildman–Crippen LogP) is 2.21. The molecular formula is C17H16N2O4. The number of hydrogen-bond acceptors (Lipinski definition) is 4. The van der Waals surface area contributed by atoms with Gasteiger partial charge in [-0.1, -0.05) is 24.3 Å². The first-order valence-electron chi connectivity index (χ1n) is 7.27. The molecule has 0 radical (unpaired) electrons. The number of rotatable bonds is 6. The lowest BCUT2D eigenvalue weighted by atomic mass is 10.2. The molecule has 0 saturated carbocycles. The third kappa shape index (κ3) is 4.00. The number of H-pyrrole nitrogens is 1. The Bertz CT molecular complexity index is 852. The van der Waals surface area contributed by atoms with Crippen molar-refractivity contribution in [2.75, 3.05) is 6.61 Å². The first-order chi connectivity index (χ1) is 11.2. The second kappa shape index (κ2) is 6.83. The van der Waals surface area contributed by atoms with Crippen molar-refractivity contribution >= 4 is 17.0 Å². The summed E-state index contributed by atoms with van der Waals surface area (Å²) in [7, 11) is 0. The largest absolute Gasteiger partial charge is 0.493 e. The van der Waals surface area contributed by atoms with E-state index in [1.807, 2.05) is 30.3 Å². The van der Waals surface area contributed by atoms with E-state index in [-0.39, 0.29) is 12.3 Å². The second-order valence-electron chi connectivity index (χ2n) is 5.03. The van der Waals surface area contributed by atoms with Gasteiger partial charge in [-0.05, 0) is 29.8 Å². The highest BCUT2D eigenvalue weighted by molar-refractivity contribution is 5.76. The first-order valence-corrected chi connectivity index (χ1v) is 7.27. The Morgan fingerprint density at radius 1 is 1.17 bits per heavy atom. The van der Waals surface area contributed by atoms with Crippen LogP contribution in [0.5, 0.6) is 5.75 Å². The Hall–Kier alpha value is -3.02. The van der Waals surface area contributed by atoms with Crippen molar-refractivity contribution in [3.8, 4) is 5.75 Å². The molecule has 0 spiro atoms. The number of carbonyl (C=O) groups is 1. The van der Waals surface area contributed by atoms with Crippen LogP contribution in [-0.2, 0) is 11.3 Å². The molecule has 1 amide bonds. The maximum Gasteiger partial charge on any atom is 0.417 e. The minimum absolute atomic E-state index is 0.0956. The number of benzene rings is 2. The SMILES string of the molecule is O=C(CCOc1ccccc1)NCc1ccc2oc(=O)[nH]c2c1. The molecule has 0 saturated heterocycles. The maximum atomic E-state index is 11.8. The van der Waals surface area contributed by atoms with Gasteiger partial charge in [0.1, 0.15) is 5.75 Å². The van der Waals surface area contributed by atoms with Gasteiger partial charge in [0.05, 0.1) is 18.5 Å². The number of hydrogen-bond donors (Lipinski definition) is 2. The number of amides is 1. The van der Waals surface area contributed by atoms with Crippen molar-refractivity contribution in [1.29, 1.82) is 0 Å². The lowest BCUT2D eigenvalue weighted by molar-refractivity contribution is -0.121. The highest BCUT2D eigenvalue weighted by atomic mass is 16.5. The van der Waals surface area contributed by atoms with Crippen molar-refractivity contribution < 1.29 is 13.9 Å². The summed E-state index contributed by atoms with van der Waals surface area (Å²) in [6.45, 7) is 0.706. The van der Waals surface area contributed by atoms with Gasteiger partial charge in [-0.15, -0.1) is 0 Å². The number of oxazole rings is 1. The molecule has 0 aliphatic carbocycles. The highest BCUT2D eigenvalue weighted by Gasteiger charge is 2.05. The van der Waals surface area contributed by atoms with Crippen LogP contribution in [0.4, 0.5) is 0 Å². The lowest BCUT2D eigenvalue weighted by Crippen LogP contribution is -2.24. The first kappa shape index (κ1) is 14.9. The van der Waals surface area contributed by atoms with Crippen LogP contribution in [0, 0.1) is 0 Å². The van der Waals surface area contributed by atoms with Gasteiger partial charge in [-0.3, -0.25) is 9.78 Å². The maximum absolute atomic E-state index is 11.8. The monoisotopic (exact) mass is 312 g/mol. The topological polar surface area (TPSA) is 84.3 Å². The minimum atomic E-state index is -0.487. The fourth-order valence-electron chi connectivity index (χ4n) is 2.18. The summed E-state index contributed by atoms with van der Waals surface area (Å²) in [6.07, 6.45) is 0.277. The average Bonchev–Trinajstić information content (AvgIpc) is 2.93. The summed E-state index contributed by atoms with van der Waals surface area (Å²) in [6, 6.07) is 14.6. The third-order valence-corrected chi connectivity index (χ3v) is 3.31. The predicted molar refractivity (Wildman–Crippen MR) is 85.2 cm³/mol. The molecular weight excluding hydrogens is 296 g/mol. The Balaban J connectivity index is 1.47. The fraction of sp³-hybridized carbons (Fsp3) is 0.176. The normalized spacial score (nSPS) is 10.6. The summed E-state index contributed by atoms with van der Waals surface area (Å²) in [4.78, 5) is 25.5. The molecule has 23 heavy (non-hydrogen) atoms. The summed E-state index contributed by atoms with van der Waals surface area (Å²) in [5, 5.41) is 2.82. The van der Waals surface area contributed by atoms with E-state index in [1.165, 1.54) is 0 Å². The zero-order chi connectivity index (χ0) is 16.1. The van der Waals surface area contributed by atoms with Gasteiger partial charge in [-0.25, -0.2) is 4.79 Å². The second-order valence-corrected chi connectivity index (χ2v) is 5.03. The van der Waals surface area contributed by atoms with Gasteiger partial charge in [0.2, 0.25) is 5.91 Å². The van der Waals surface area contributed by atoms with Gasteiger partial charge in [0.25, 0.3) is 0 Å². The molecule has 3 rings (SSSR count). The van der Waals surface area contributed by atoms with Crippen molar-refractivity contribution in [3.63, 3.8) is 0 Å². The van der Waals surface area contributed by atoms with Crippen molar-refractivity contribution in [2.24, 2.45) is 0 Å². The van der Waals surface area contributed by atoms with Crippen LogP contribution in [-0.4, -0.2) is 17.5 Å². The molecule has 0 unspecified atom stereocenters. The molecule has 6 heteroatoms. The van der Waals surface area contributed by atoms with E-state index in [4.69, 9.17) is 9.15 Å². The molecule has 2 aromatic carbocycles. The standard InChI is InChI=1S/C17H16N2O4/c20-16(8-9-22-13-4-2-1-3-5-13)18-11-12-6-7-15-14(10-12)19-17(21)23-15/h1-7,10H,8-9,11H2,(H,18,20)(H,19,21). The molecule has 0 bridgehead atoms. The van der Waals surface area contributed by atoms with E-state index < -0.39 is 5.76 Å². The van der Waals surface area contributed by atoms with Gasteiger partial charge in [-0.2, -0.15) is 0 Å². The van der Waals surface area contributed by atoms with Crippen LogP contribution in [0.3, 0.4) is 0 Å². The zero-order valence-corrected chi connectivity index (χ0v) is 12.4. The lowest BCUT2D eigenvalue weighted by Gasteiger charge is -2.07. The summed E-state index contributed by atoms with van der Waals surface area (Å²) in [5.74, 6) is 0.163. The minimum Gasteiger partial charge on any atom is -0.493 e. The number of fused-ring (bicyclic) bond motifs is 1. The molecule has 2 N–H and O–H groups in total. The van der Waals surface area contributed by atoms with Gasteiger partial charge in [0, 0.05) is 6.54 Å². The van der Waals surface area contributed by atoms with Gasteiger partial charge >= 0.3 is 5.76 Å². The van der Waals surface area contributed by atoms with E-state index >= 15 is 0 Å². The van der Waals surface area contributed by atoms with Crippen molar-refractivity contribution in [3.05, 3.63) is 64.6 Å². The Morgan fingerprint density at radius 3 is 2.83 bits per heavy atom. The molecule has 6 nitrogen and oxygen atoms in total. The summed E-state index contributed by atoms with van der Waals surface area (Å²) >= 11 is 0. The molecule has 0 aliphatic heterocycles. The van der Waals surface area contributed by atoms with Crippen LogP contribution in [0.15, 0.2) is 57.7 Å². The summed E-state index contributed by atoms with van der Waals surface area (Å²) < 4.78 is 10.4. The van der Waals surface area contributed by atoms with Crippen LogP contribution < -0.4 is 15.8 Å². The smallest absolute Gasteiger partial charge is 0.417 e. The number of ether oxygens (including phenoxy) is 1. The Labute approximate surface area is 132 Å². The van der Waals surface area contributed by atoms with E-state index in [1.54, 1.807) is 18.2 Å². The number of nitrogens with one attached hydrogen (secondary N) is 2. The van der Waals surface area contributed by atoms with Crippen molar-refractivity contribution in [1.82, 2.24) is 10.3 Å². The molecule has 0 fully saturated rings. The number of para-hydroxylation sites is 1. The Morgan fingerprint density at radius 2 is 2.00 bits per heavy atom. The number of carbonyl (C=O) groups excluding carboxylic acids is 1. The average molecular weight is 312 g/mol. The zero-order valence-electron chi connectivity index (χ0n) is 12.4. The van der Waals surface area contributed by atoms with Gasteiger partial charge in [0.15, 0.2) is 5.58 Å². The van der Waals surface area contributed by atoms with E-state index in [0.717, 1.165) is 11.3 Å². The Kier molecular flexibility index (Phi) is 4.42. The van der Waals surface area contributed by atoms with E-state index in [2.05, 4.69) is 10.3 Å². The molecule has 0 aliphatic rings.